The van der Waals surface area contributed by atoms with Crippen molar-refractivity contribution in [2.45, 2.75) is 13.8 Å². The highest BCUT2D eigenvalue weighted by Gasteiger charge is 2.12. The van der Waals surface area contributed by atoms with E-state index in [0.29, 0.717) is 6.61 Å². The Balaban J connectivity index is 0.00000256. The summed E-state index contributed by atoms with van der Waals surface area (Å²) in [5.74, 6) is 0.915. The molecule has 0 aliphatic carbocycles. The molecule has 0 radical (unpaired) electrons. The number of hydrogen-bond acceptors (Lipinski definition) is 2. The smallest absolute Gasteiger partial charge is 0.119 e. The van der Waals surface area contributed by atoms with E-state index < -0.39 is 0 Å². The summed E-state index contributed by atoms with van der Waals surface area (Å²) in [5, 5.41) is 1.24. The predicted octanol–water partition coefficient (Wildman–Crippen LogP) is 6.44. The monoisotopic (exact) mass is 420 g/mol. The first-order valence-electron chi connectivity index (χ1n) is 10.4. The zero-order valence-corrected chi connectivity index (χ0v) is 18.4. The average Bonchev–Trinajstić information content (AvgIpc) is 3.17. The summed E-state index contributed by atoms with van der Waals surface area (Å²) in [6.07, 6.45) is 0. The van der Waals surface area contributed by atoms with Gasteiger partial charge in [-0.1, -0.05) is 62.4 Å². The van der Waals surface area contributed by atoms with Crippen molar-refractivity contribution in [1.82, 2.24) is 9.47 Å². The molecule has 0 spiro atoms. The Hall–Kier alpha value is -2.75. The van der Waals surface area contributed by atoms with Crippen molar-refractivity contribution < 1.29 is 4.74 Å². The van der Waals surface area contributed by atoms with E-state index in [4.69, 9.17) is 4.74 Å². The second-order valence-electron chi connectivity index (χ2n) is 7.16. The second kappa shape index (κ2) is 10.3. The van der Waals surface area contributed by atoms with Crippen molar-refractivity contribution >= 4 is 23.3 Å². The summed E-state index contributed by atoms with van der Waals surface area (Å²) in [6, 6.07) is 29.8. The molecule has 30 heavy (non-hydrogen) atoms. The van der Waals surface area contributed by atoms with Crippen molar-refractivity contribution in [2.75, 3.05) is 26.2 Å². The number of likely N-dealkylation sites (N-methyl/N-ethyl adjacent to an activating group) is 1. The number of hydrogen-bond donors (Lipinski definition) is 0. The Morgan fingerprint density at radius 3 is 2.17 bits per heavy atom. The minimum Gasteiger partial charge on any atom is -0.492 e. The van der Waals surface area contributed by atoms with Gasteiger partial charge >= 0.3 is 0 Å². The van der Waals surface area contributed by atoms with Crippen LogP contribution in [0.15, 0.2) is 84.9 Å². The zero-order chi connectivity index (χ0) is 20.1. The Morgan fingerprint density at radius 1 is 0.800 bits per heavy atom. The van der Waals surface area contributed by atoms with E-state index >= 15 is 0 Å². The number of nitrogens with zero attached hydrogens (tertiary/aromatic N) is 2. The highest BCUT2D eigenvalue weighted by Crippen LogP contribution is 2.32. The van der Waals surface area contributed by atoms with E-state index in [9.17, 15) is 0 Å². The van der Waals surface area contributed by atoms with E-state index in [-0.39, 0.29) is 12.4 Å². The maximum absolute atomic E-state index is 5.96. The number of rotatable bonds is 8. The number of para-hydroxylation sites is 1. The molecule has 1 aromatic heterocycles. The van der Waals surface area contributed by atoms with E-state index in [2.05, 4.69) is 108 Å². The van der Waals surface area contributed by atoms with Gasteiger partial charge in [-0.05, 0) is 55.1 Å². The van der Waals surface area contributed by atoms with Gasteiger partial charge in [-0.3, -0.25) is 0 Å². The summed E-state index contributed by atoms with van der Waals surface area (Å²) in [5.41, 5.74) is 4.76. The standard InChI is InChI=1S/C26H28N2O.ClH/c1-3-27(4-2)18-19-29-24-16-14-23(15-17-24)28-25-13-9-8-12-22(25)20-26(28)21-10-6-5-7-11-21;/h5-17,20H,3-4,18-19H2,1-2H3;1H. The molecule has 4 heteroatoms. The van der Waals surface area contributed by atoms with E-state index in [1.807, 2.05) is 0 Å². The zero-order valence-electron chi connectivity index (χ0n) is 17.6. The first-order chi connectivity index (χ1) is 14.3. The first kappa shape index (κ1) is 21.9. The van der Waals surface area contributed by atoms with Crippen LogP contribution in [0, 0.1) is 0 Å². The van der Waals surface area contributed by atoms with E-state index in [0.717, 1.165) is 31.1 Å². The fourth-order valence-electron chi connectivity index (χ4n) is 3.78. The Kier molecular flexibility index (Phi) is 7.56. The second-order valence-corrected chi connectivity index (χ2v) is 7.16. The highest BCUT2D eigenvalue weighted by atomic mass is 35.5. The quantitative estimate of drug-likeness (QED) is 0.326. The molecule has 4 rings (SSSR count). The van der Waals surface area contributed by atoms with Gasteiger partial charge in [0.1, 0.15) is 12.4 Å². The van der Waals surface area contributed by atoms with Crippen LogP contribution in [0.4, 0.5) is 0 Å². The SMILES string of the molecule is CCN(CC)CCOc1ccc(-n2c(-c3ccccc3)cc3ccccc32)cc1.Cl. The van der Waals surface area contributed by atoms with E-state index in [1.54, 1.807) is 0 Å². The Morgan fingerprint density at radius 2 is 1.47 bits per heavy atom. The maximum atomic E-state index is 5.96. The van der Waals surface area contributed by atoms with Gasteiger partial charge in [-0.2, -0.15) is 0 Å². The molecule has 3 nitrogen and oxygen atoms in total. The average molecular weight is 421 g/mol. The number of aromatic nitrogens is 1. The highest BCUT2D eigenvalue weighted by molar-refractivity contribution is 5.89. The topological polar surface area (TPSA) is 17.4 Å². The van der Waals surface area contributed by atoms with Crippen LogP contribution in [-0.2, 0) is 0 Å². The molecule has 0 N–H and O–H groups in total. The predicted molar refractivity (Wildman–Crippen MR) is 129 cm³/mol. The number of halogens is 1. The molecule has 0 saturated carbocycles. The molecule has 0 atom stereocenters. The van der Waals surface area contributed by atoms with Crippen molar-refractivity contribution in [3.63, 3.8) is 0 Å². The van der Waals surface area contributed by atoms with Gasteiger partial charge in [0.25, 0.3) is 0 Å². The van der Waals surface area contributed by atoms with Gasteiger partial charge in [-0.15, -0.1) is 12.4 Å². The molecule has 3 aromatic carbocycles. The Labute approximate surface area is 185 Å². The van der Waals surface area contributed by atoms with Crippen LogP contribution in [0.5, 0.6) is 5.75 Å². The normalized spacial score (nSPS) is 10.9. The van der Waals surface area contributed by atoms with Crippen LogP contribution in [0.25, 0.3) is 27.8 Å². The van der Waals surface area contributed by atoms with Crippen molar-refractivity contribution in [3.05, 3.63) is 84.9 Å². The number of benzene rings is 3. The number of fused-ring (bicyclic) bond motifs is 1. The minimum atomic E-state index is 0. The summed E-state index contributed by atoms with van der Waals surface area (Å²) in [6.45, 7) is 8.15. The van der Waals surface area contributed by atoms with Gasteiger partial charge in [0.15, 0.2) is 0 Å². The molecule has 0 saturated heterocycles. The summed E-state index contributed by atoms with van der Waals surface area (Å²) >= 11 is 0. The fraction of sp³-hybridized carbons (Fsp3) is 0.231. The van der Waals surface area contributed by atoms with Crippen LogP contribution in [0.2, 0.25) is 0 Å². The lowest BCUT2D eigenvalue weighted by Gasteiger charge is -2.18. The fourth-order valence-corrected chi connectivity index (χ4v) is 3.78. The van der Waals surface area contributed by atoms with E-state index in [1.165, 1.54) is 22.2 Å². The van der Waals surface area contributed by atoms with Crippen LogP contribution in [-0.4, -0.2) is 35.7 Å². The molecule has 1 heterocycles. The van der Waals surface area contributed by atoms with Gasteiger partial charge in [0, 0.05) is 17.6 Å². The van der Waals surface area contributed by atoms with Gasteiger partial charge in [0.2, 0.25) is 0 Å². The molecular weight excluding hydrogens is 392 g/mol. The van der Waals surface area contributed by atoms with Crippen molar-refractivity contribution in [3.8, 4) is 22.7 Å². The molecule has 0 bridgehead atoms. The minimum absolute atomic E-state index is 0. The lowest BCUT2D eigenvalue weighted by molar-refractivity contribution is 0.223. The van der Waals surface area contributed by atoms with Crippen molar-refractivity contribution in [2.24, 2.45) is 0 Å². The lowest BCUT2D eigenvalue weighted by Crippen LogP contribution is -2.27. The molecule has 0 aliphatic rings. The summed E-state index contributed by atoms with van der Waals surface area (Å²) in [7, 11) is 0. The molecule has 0 fully saturated rings. The molecule has 0 aliphatic heterocycles. The van der Waals surface area contributed by atoms with Crippen LogP contribution in [0.1, 0.15) is 13.8 Å². The summed E-state index contributed by atoms with van der Waals surface area (Å²) < 4.78 is 8.29. The molecule has 0 unspecified atom stereocenters. The van der Waals surface area contributed by atoms with Crippen LogP contribution in [0.3, 0.4) is 0 Å². The third-order valence-corrected chi connectivity index (χ3v) is 5.45. The molecule has 4 aromatic rings. The Bertz CT molecular complexity index is 1050. The van der Waals surface area contributed by atoms with Crippen LogP contribution >= 0.6 is 12.4 Å². The number of ether oxygens (including phenoxy) is 1. The van der Waals surface area contributed by atoms with Crippen LogP contribution < -0.4 is 4.74 Å². The van der Waals surface area contributed by atoms with Gasteiger partial charge in [-0.25, -0.2) is 0 Å². The molecular formula is C26H29ClN2O. The molecule has 156 valence electrons. The van der Waals surface area contributed by atoms with Gasteiger partial charge < -0.3 is 14.2 Å². The molecule has 0 amide bonds. The lowest BCUT2D eigenvalue weighted by atomic mass is 10.1. The first-order valence-corrected chi connectivity index (χ1v) is 10.4. The van der Waals surface area contributed by atoms with Gasteiger partial charge in [0.05, 0.1) is 11.2 Å². The third kappa shape index (κ3) is 4.69. The van der Waals surface area contributed by atoms with Crippen molar-refractivity contribution in [1.29, 1.82) is 0 Å². The summed E-state index contributed by atoms with van der Waals surface area (Å²) in [4.78, 5) is 2.37. The maximum Gasteiger partial charge on any atom is 0.119 e. The largest absolute Gasteiger partial charge is 0.492 e. The third-order valence-electron chi connectivity index (χ3n) is 5.45.